The van der Waals surface area contributed by atoms with E-state index in [1.165, 1.54) is 32.7 Å². The van der Waals surface area contributed by atoms with Crippen molar-refractivity contribution in [1.82, 2.24) is 19.9 Å². The Bertz CT molecular complexity index is 3660. The van der Waals surface area contributed by atoms with Crippen LogP contribution in [0.3, 0.4) is 0 Å². The molecule has 0 radical (unpaired) electrons. The summed E-state index contributed by atoms with van der Waals surface area (Å²) in [6.45, 7) is 0. The van der Waals surface area contributed by atoms with Gasteiger partial charge in [-0.3, -0.25) is 0 Å². The Morgan fingerprint density at radius 1 is 0.371 bits per heavy atom. The number of hydrogen-bond acceptors (Lipinski definition) is 5. The summed E-state index contributed by atoms with van der Waals surface area (Å²) >= 11 is 0. The fraction of sp³-hybridized carbons (Fsp3) is 0.0175. The molecule has 10 aromatic carbocycles. The molecule has 5 nitrogen and oxygen atoms in total. The number of nitrogens with zero attached hydrogens (tertiary/aromatic N) is 4. The van der Waals surface area contributed by atoms with Gasteiger partial charge in [-0.1, -0.05) is 182 Å². The van der Waals surface area contributed by atoms with E-state index in [1.54, 1.807) is 0 Å². The summed E-state index contributed by atoms with van der Waals surface area (Å²) in [6, 6.07) is 72.6. The van der Waals surface area contributed by atoms with Crippen molar-refractivity contribution in [2.75, 3.05) is 0 Å². The van der Waals surface area contributed by atoms with E-state index in [0.29, 0.717) is 23.4 Å². The van der Waals surface area contributed by atoms with Gasteiger partial charge in [0.15, 0.2) is 23.1 Å². The molecule has 2 aromatic heterocycles. The van der Waals surface area contributed by atoms with Crippen molar-refractivity contribution in [3.63, 3.8) is 0 Å². The molecule has 0 aliphatic heterocycles. The van der Waals surface area contributed by atoms with Gasteiger partial charge in [0.1, 0.15) is 10.9 Å². The minimum Gasteiger partial charge on any atom is -0.435 e. The molecule has 0 atom stereocenters. The number of fused-ring (bicyclic) bond motifs is 12. The van der Waals surface area contributed by atoms with Gasteiger partial charge in [0.2, 0.25) is 5.89 Å². The van der Waals surface area contributed by atoms with Gasteiger partial charge >= 0.3 is 0 Å². The van der Waals surface area contributed by atoms with E-state index in [9.17, 15) is 0 Å². The first-order valence-corrected chi connectivity index (χ1v) is 21.0. The Hall–Kier alpha value is -8.28. The Morgan fingerprint density at radius 2 is 0.887 bits per heavy atom. The first kappa shape index (κ1) is 34.6. The van der Waals surface area contributed by atoms with Crippen LogP contribution in [0, 0.1) is 0 Å². The predicted octanol–water partition coefficient (Wildman–Crippen LogP) is 14.0. The first-order chi connectivity index (χ1) is 30.7. The molecule has 0 saturated heterocycles. The highest BCUT2D eigenvalue weighted by molar-refractivity contribution is 6.18. The number of oxazole rings is 1. The standard InChI is InChI=1S/C57H34N4O/c1-4-16-39(17-5-1)53-59-54(41-27-25-37-24-26-38-30-33-48-52(49(38)45(37)34-41)62-55(58-48)40-18-6-2-7-19-40)61-56(60-53)57(42-20-8-3-9-21-42)46-31-28-35-14-10-12-22-43(35)50(46)51-44-23-13-11-15-36(44)29-32-47(51)57/h1-34H. The molecule has 0 spiro atoms. The number of rotatable bonds is 5. The van der Waals surface area contributed by atoms with E-state index >= 15 is 0 Å². The van der Waals surface area contributed by atoms with Crippen LogP contribution in [0.2, 0.25) is 0 Å². The second-order valence-corrected chi connectivity index (χ2v) is 16.1. The van der Waals surface area contributed by atoms with Gasteiger partial charge in [-0.05, 0) is 89.8 Å². The van der Waals surface area contributed by atoms with E-state index in [2.05, 4.69) is 152 Å². The summed E-state index contributed by atoms with van der Waals surface area (Å²) < 4.78 is 6.62. The maximum absolute atomic E-state index is 6.62. The van der Waals surface area contributed by atoms with Gasteiger partial charge in [0.25, 0.3) is 0 Å². The van der Waals surface area contributed by atoms with Crippen LogP contribution in [0.25, 0.3) is 99.5 Å². The highest BCUT2D eigenvalue weighted by Crippen LogP contribution is 2.59. The monoisotopic (exact) mass is 790 g/mol. The maximum Gasteiger partial charge on any atom is 0.227 e. The first-order valence-electron chi connectivity index (χ1n) is 21.0. The molecular formula is C57H34N4O. The summed E-state index contributed by atoms with van der Waals surface area (Å²) in [5.74, 6) is 2.47. The Morgan fingerprint density at radius 3 is 1.56 bits per heavy atom. The van der Waals surface area contributed by atoms with Crippen LogP contribution in [-0.2, 0) is 5.41 Å². The van der Waals surface area contributed by atoms with Crippen LogP contribution in [0.1, 0.15) is 22.5 Å². The van der Waals surface area contributed by atoms with Crippen molar-refractivity contribution in [1.29, 1.82) is 0 Å². The summed E-state index contributed by atoms with van der Waals surface area (Å²) in [4.78, 5) is 21.5. The van der Waals surface area contributed by atoms with Crippen LogP contribution < -0.4 is 0 Å². The van der Waals surface area contributed by atoms with Gasteiger partial charge in [0, 0.05) is 22.1 Å². The van der Waals surface area contributed by atoms with E-state index in [4.69, 9.17) is 24.4 Å². The quantitative estimate of drug-likeness (QED) is 0.162. The Balaban J connectivity index is 1.13. The van der Waals surface area contributed by atoms with Gasteiger partial charge < -0.3 is 4.42 Å². The highest BCUT2D eigenvalue weighted by atomic mass is 16.3. The zero-order valence-corrected chi connectivity index (χ0v) is 33.3. The molecule has 0 N–H and O–H groups in total. The van der Waals surface area contributed by atoms with E-state index in [1.807, 2.05) is 54.6 Å². The summed E-state index contributed by atoms with van der Waals surface area (Å²) in [5, 5.41) is 8.99. The second-order valence-electron chi connectivity index (χ2n) is 16.1. The molecule has 12 aromatic rings. The molecule has 0 fully saturated rings. The molecule has 288 valence electrons. The molecule has 62 heavy (non-hydrogen) atoms. The SMILES string of the molecule is c1ccc(-c2nc(-c3ccc4ccc5ccc6nc(-c7ccccc7)oc6c5c4c3)nc(C3(c4ccccc4)c4ccc5ccccc5c4-c4c3ccc3ccccc43)n2)cc1. The largest absolute Gasteiger partial charge is 0.435 e. The van der Waals surface area contributed by atoms with Crippen LogP contribution in [-0.4, -0.2) is 19.9 Å². The smallest absolute Gasteiger partial charge is 0.227 e. The lowest BCUT2D eigenvalue weighted by molar-refractivity contribution is 0.623. The van der Waals surface area contributed by atoms with Gasteiger partial charge in [-0.15, -0.1) is 0 Å². The molecule has 5 heteroatoms. The van der Waals surface area contributed by atoms with Crippen molar-refractivity contribution in [3.8, 4) is 45.4 Å². The average Bonchev–Trinajstić information content (AvgIpc) is 3.93. The van der Waals surface area contributed by atoms with E-state index in [-0.39, 0.29) is 0 Å². The minimum atomic E-state index is -0.884. The van der Waals surface area contributed by atoms with Gasteiger partial charge in [0.05, 0.1) is 0 Å². The average molecular weight is 791 g/mol. The number of aromatic nitrogens is 4. The maximum atomic E-state index is 6.62. The molecule has 1 aliphatic rings. The fourth-order valence-corrected chi connectivity index (χ4v) is 9.97. The number of benzene rings is 10. The third-order valence-corrected chi connectivity index (χ3v) is 12.8. The van der Waals surface area contributed by atoms with Gasteiger partial charge in [-0.2, -0.15) is 0 Å². The molecule has 0 unspecified atom stereocenters. The minimum absolute atomic E-state index is 0.592. The van der Waals surface area contributed by atoms with E-state index < -0.39 is 5.41 Å². The number of hydrogen-bond donors (Lipinski definition) is 0. The molecule has 1 aliphatic carbocycles. The molecule has 0 bridgehead atoms. The van der Waals surface area contributed by atoms with Crippen molar-refractivity contribution in [2.45, 2.75) is 5.41 Å². The van der Waals surface area contributed by atoms with Gasteiger partial charge in [-0.25, -0.2) is 19.9 Å². The summed E-state index contributed by atoms with van der Waals surface area (Å²) in [6.07, 6.45) is 0. The highest BCUT2D eigenvalue weighted by Gasteiger charge is 2.50. The molecular weight excluding hydrogens is 757 g/mol. The van der Waals surface area contributed by atoms with E-state index in [0.717, 1.165) is 66.0 Å². The van der Waals surface area contributed by atoms with Crippen molar-refractivity contribution < 1.29 is 4.42 Å². The van der Waals surface area contributed by atoms with Crippen LogP contribution in [0.4, 0.5) is 0 Å². The normalized spacial score (nSPS) is 13.0. The van der Waals surface area contributed by atoms with Crippen LogP contribution >= 0.6 is 0 Å². The lowest BCUT2D eigenvalue weighted by atomic mass is 9.71. The zero-order chi connectivity index (χ0) is 40.8. The predicted molar refractivity (Wildman–Crippen MR) is 251 cm³/mol. The summed E-state index contributed by atoms with van der Waals surface area (Å²) in [5.41, 5.74) is 9.23. The fourth-order valence-electron chi connectivity index (χ4n) is 9.97. The molecule has 2 heterocycles. The van der Waals surface area contributed by atoms with Crippen LogP contribution in [0.15, 0.2) is 211 Å². The lowest BCUT2D eigenvalue weighted by Crippen LogP contribution is -2.31. The molecule has 0 amide bonds. The second kappa shape index (κ2) is 13.4. The van der Waals surface area contributed by atoms with Crippen LogP contribution in [0.5, 0.6) is 0 Å². The van der Waals surface area contributed by atoms with Crippen molar-refractivity contribution in [2.24, 2.45) is 0 Å². The molecule has 0 saturated carbocycles. The zero-order valence-electron chi connectivity index (χ0n) is 33.3. The summed E-state index contributed by atoms with van der Waals surface area (Å²) in [7, 11) is 0. The third-order valence-electron chi connectivity index (χ3n) is 12.8. The Labute approximate surface area is 356 Å². The van der Waals surface area contributed by atoms with Crippen molar-refractivity contribution >= 4 is 54.2 Å². The Kier molecular flexibility index (Phi) is 7.45. The lowest BCUT2D eigenvalue weighted by Gasteiger charge is -2.32. The van der Waals surface area contributed by atoms with Crippen molar-refractivity contribution in [3.05, 3.63) is 229 Å². The topological polar surface area (TPSA) is 64.7 Å². The molecule has 13 rings (SSSR count). The third kappa shape index (κ3) is 5.02.